The summed E-state index contributed by atoms with van der Waals surface area (Å²) in [6.07, 6.45) is -4.08. The summed E-state index contributed by atoms with van der Waals surface area (Å²) in [5.41, 5.74) is -1.02. The third-order valence-electron chi connectivity index (χ3n) is 3.89. The van der Waals surface area contributed by atoms with Gasteiger partial charge in [-0.25, -0.2) is 4.79 Å². The van der Waals surface area contributed by atoms with Crippen molar-refractivity contribution in [3.05, 3.63) is 32.6 Å². The predicted octanol–water partition coefficient (Wildman–Crippen LogP) is -2.38. The van der Waals surface area contributed by atoms with Crippen molar-refractivity contribution >= 4 is 5.91 Å². The maximum absolute atomic E-state index is 12.1. The number of ether oxygens (including phenoxy) is 2. The lowest BCUT2D eigenvalue weighted by Crippen LogP contribution is -2.44. The van der Waals surface area contributed by atoms with Crippen LogP contribution in [0.4, 0.5) is 0 Å². The van der Waals surface area contributed by atoms with Crippen LogP contribution >= 0.6 is 0 Å². The lowest BCUT2D eigenvalue weighted by Gasteiger charge is -2.25. The molecule has 10 heteroatoms. The van der Waals surface area contributed by atoms with Gasteiger partial charge in [-0.2, -0.15) is 0 Å². The van der Waals surface area contributed by atoms with E-state index in [0.29, 0.717) is 0 Å². The van der Waals surface area contributed by atoms with Gasteiger partial charge in [0.25, 0.3) is 5.56 Å². The second-order valence-corrected chi connectivity index (χ2v) is 5.57. The standard InChI is InChI=1S/C14H21N3O7/c1-6-4-17(14(22)16-11(6)20)13-10(9(19)8(5-18)24-13)23-7(2)12(21)15-3/h4,7-10,13,18-19H,5H2,1-3H3,(H,15,21)(H,16,20,22). The quantitative estimate of drug-likeness (QED) is 0.467. The largest absolute Gasteiger partial charge is 0.394 e. The number of carbonyl (C=O) groups is 1. The van der Waals surface area contributed by atoms with Gasteiger partial charge in [-0.1, -0.05) is 0 Å². The number of aromatic amines is 1. The summed E-state index contributed by atoms with van der Waals surface area (Å²) in [4.78, 5) is 37.3. The molecular weight excluding hydrogens is 322 g/mol. The number of nitrogens with zero attached hydrogens (tertiary/aromatic N) is 1. The number of nitrogens with one attached hydrogen (secondary N) is 2. The average molecular weight is 343 g/mol. The van der Waals surface area contributed by atoms with Crippen LogP contribution in [0, 0.1) is 6.92 Å². The number of aliphatic hydroxyl groups is 2. The Morgan fingerprint density at radius 3 is 2.79 bits per heavy atom. The molecule has 1 aromatic heterocycles. The highest BCUT2D eigenvalue weighted by molar-refractivity contribution is 5.79. The van der Waals surface area contributed by atoms with E-state index in [4.69, 9.17) is 9.47 Å². The molecule has 0 aliphatic carbocycles. The average Bonchev–Trinajstić information content (AvgIpc) is 2.86. The van der Waals surface area contributed by atoms with Gasteiger partial charge in [-0.15, -0.1) is 0 Å². The Morgan fingerprint density at radius 2 is 2.21 bits per heavy atom. The highest BCUT2D eigenvalue weighted by Crippen LogP contribution is 2.31. The first kappa shape index (κ1) is 18.3. The fraction of sp³-hybridized carbons (Fsp3) is 0.643. The Morgan fingerprint density at radius 1 is 1.54 bits per heavy atom. The van der Waals surface area contributed by atoms with Crippen LogP contribution in [0.3, 0.4) is 0 Å². The second kappa shape index (κ2) is 7.26. The number of aryl methyl sites for hydroxylation is 1. The SMILES string of the molecule is CNC(=O)C(C)OC1C(O)C(CO)OC1n1cc(C)c(=O)[nH]c1=O. The molecule has 24 heavy (non-hydrogen) atoms. The van der Waals surface area contributed by atoms with Gasteiger partial charge in [0.05, 0.1) is 6.61 Å². The van der Waals surface area contributed by atoms with Crippen molar-refractivity contribution < 1.29 is 24.5 Å². The molecule has 2 rings (SSSR count). The summed E-state index contributed by atoms with van der Waals surface area (Å²) in [7, 11) is 1.44. The molecular formula is C14H21N3O7. The number of carbonyl (C=O) groups excluding carboxylic acids is 1. The van der Waals surface area contributed by atoms with Gasteiger partial charge in [0.1, 0.15) is 24.4 Å². The van der Waals surface area contributed by atoms with Gasteiger partial charge in [0.15, 0.2) is 6.23 Å². The molecule has 0 spiro atoms. The van der Waals surface area contributed by atoms with Crippen LogP contribution in [0.1, 0.15) is 18.7 Å². The Labute approximate surface area is 137 Å². The van der Waals surface area contributed by atoms with Crippen LogP contribution in [0.2, 0.25) is 0 Å². The highest BCUT2D eigenvalue weighted by Gasteiger charge is 2.46. The summed E-state index contributed by atoms with van der Waals surface area (Å²) >= 11 is 0. The summed E-state index contributed by atoms with van der Waals surface area (Å²) in [5.74, 6) is -0.418. The fourth-order valence-electron chi connectivity index (χ4n) is 2.52. The maximum atomic E-state index is 12.1. The van der Waals surface area contributed by atoms with Gasteiger partial charge in [0, 0.05) is 18.8 Å². The molecule has 2 heterocycles. The monoisotopic (exact) mass is 343 g/mol. The molecule has 0 saturated carbocycles. The van der Waals surface area contributed by atoms with E-state index in [9.17, 15) is 24.6 Å². The first-order chi connectivity index (χ1) is 11.3. The van der Waals surface area contributed by atoms with E-state index in [1.54, 1.807) is 0 Å². The molecule has 4 N–H and O–H groups in total. The van der Waals surface area contributed by atoms with E-state index < -0.39 is 54.4 Å². The molecule has 1 aliphatic heterocycles. The third-order valence-corrected chi connectivity index (χ3v) is 3.89. The molecule has 134 valence electrons. The number of H-pyrrole nitrogens is 1. The maximum Gasteiger partial charge on any atom is 0.330 e. The predicted molar refractivity (Wildman–Crippen MR) is 81.5 cm³/mol. The van der Waals surface area contributed by atoms with Gasteiger partial charge in [-0.05, 0) is 13.8 Å². The lowest BCUT2D eigenvalue weighted by atomic mass is 10.1. The minimum atomic E-state index is -1.26. The minimum Gasteiger partial charge on any atom is -0.394 e. The van der Waals surface area contributed by atoms with Crippen LogP contribution in [0.25, 0.3) is 0 Å². The molecule has 5 atom stereocenters. The topological polar surface area (TPSA) is 143 Å². The second-order valence-electron chi connectivity index (χ2n) is 5.57. The molecule has 10 nitrogen and oxygen atoms in total. The van der Waals surface area contributed by atoms with E-state index in [1.807, 2.05) is 0 Å². The van der Waals surface area contributed by atoms with Crippen molar-refractivity contribution in [3.8, 4) is 0 Å². The first-order valence-electron chi connectivity index (χ1n) is 7.43. The van der Waals surface area contributed by atoms with Crippen molar-refractivity contribution in [3.63, 3.8) is 0 Å². The van der Waals surface area contributed by atoms with Gasteiger partial charge in [-0.3, -0.25) is 19.1 Å². The lowest BCUT2D eigenvalue weighted by molar-refractivity contribution is -0.144. The number of aromatic nitrogens is 2. The van der Waals surface area contributed by atoms with Gasteiger partial charge >= 0.3 is 5.69 Å². The summed E-state index contributed by atoms with van der Waals surface area (Å²) in [6, 6.07) is 0. The van der Waals surface area contributed by atoms with E-state index in [1.165, 1.54) is 27.1 Å². The molecule has 1 amide bonds. The molecule has 1 aromatic rings. The van der Waals surface area contributed by atoms with Crippen molar-refractivity contribution in [2.45, 2.75) is 44.5 Å². The van der Waals surface area contributed by atoms with Crippen LogP contribution < -0.4 is 16.6 Å². The van der Waals surface area contributed by atoms with E-state index in [0.717, 1.165) is 4.57 Å². The van der Waals surface area contributed by atoms with Gasteiger partial charge < -0.3 is 25.0 Å². The van der Waals surface area contributed by atoms with E-state index >= 15 is 0 Å². The van der Waals surface area contributed by atoms with Crippen molar-refractivity contribution in [2.24, 2.45) is 0 Å². The number of amides is 1. The van der Waals surface area contributed by atoms with E-state index in [2.05, 4.69) is 10.3 Å². The summed E-state index contributed by atoms with van der Waals surface area (Å²) < 4.78 is 12.1. The van der Waals surface area contributed by atoms with Gasteiger partial charge in [0.2, 0.25) is 5.91 Å². The minimum absolute atomic E-state index is 0.262. The summed E-state index contributed by atoms with van der Waals surface area (Å²) in [5, 5.41) is 22.0. The number of aliphatic hydroxyl groups excluding tert-OH is 2. The zero-order chi connectivity index (χ0) is 18.0. The van der Waals surface area contributed by atoms with Crippen LogP contribution in [0.5, 0.6) is 0 Å². The highest BCUT2D eigenvalue weighted by atomic mass is 16.6. The molecule has 1 fully saturated rings. The third kappa shape index (κ3) is 3.41. The number of rotatable bonds is 5. The Kier molecular flexibility index (Phi) is 5.54. The molecule has 0 bridgehead atoms. The Bertz CT molecular complexity index is 713. The normalized spacial score (nSPS) is 27.9. The number of likely N-dealkylation sites (N-methyl/N-ethyl adjacent to an activating group) is 1. The number of hydrogen-bond donors (Lipinski definition) is 4. The van der Waals surface area contributed by atoms with E-state index in [-0.39, 0.29) is 5.56 Å². The summed E-state index contributed by atoms with van der Waals surface area (Å²) in [6.45, 7) is 2.49. The molecule has 0 aromatic carbocycles. The Hall–Kier alpha value is -2.01. The molecule has 1 saturated heterocycles. The smallest absolute Gasteiger partial charge is 0.330 e. The van der Waals surface area contributed by atoms with Crippen LogP contribution in [-0.2, 0) is 14.3 Å². The van der Waals surface area contributed by atoms with Crippen LogP contribution in [-0.4, -0.2) is 63.7 Å². The molecule has 1 aliphatic rings. The molecule has 0 radical (unpaired) electrons. The zero-order valence-electron chi connectivity index (χ0n) is 13.6. The Balaban J connectivity index is 2.38. The van der Waals surface area contributed by atoms with Crippen molar-refractivity contribution in [1.82, 2.24) is 14.9 Å². The van der Waals surface area contributed by atoms with Crippen molar-refractivity contribution in [1.29, 1.82) is 0 Å². The van der Waals surface area contributed by atoms with Crippen molar-refractivity contribution in [2.75, 3.05) is 13.7 Å². The first-order valence-corrected chi connectivity index (χ1v) is 7.43. The number of hydrogen-bond acceptors (Lipinski definition) is 7. The zero-order valence-corrected chi connectivity index (χ0v) is 13.6. The fourth-order valence-corrected chi connectivity index (χ4v) is 2.52. The van der Waals surface area contributed by atoms with Crippen LogP contribution in [0.15, 0.2) is 15.8 Å². The molecule has 5 unspecified atom stereocenters.